The first-order chi connectivity index (χ1) is 10.9. The van der Waals surface area contributed by atoms with Gasteiger partial charge in [0.2, 0.25) is 0 Å². The number of methoxy groups -OCH3 is 1. The molecule has 0 saturated carbocycles. The van der Waals surface area contributed by atoms with Crippen LogP contribution in [0.3, 0.4) is 0 Å². The van der Waals surface area contributed by atoms with Crippen LogP contribution in [0, 0.1) is 0 Å². The molecular formula is C14H13N3O5S. The van der Waals surface area contributed by atoms with Gasteiger partial charge in [-0.1, -0.05) is 30.3 Å². The fourth-order valence-electron chi connectivity index (χ4n) is 2.30. The minimum atomic E-state index is -4.05. The van der Waals surface area contributed by atoms with E-state index in [2.05, 4.69) is 9.84 Å². The third-order valence-corrected chi connectivity index (χ3v) is 4.75. The molecule has 0 fully saturated rings. The smallest absolute Gasteiger partial charge is 0.359 e. The van der Waals surface area contributed by atoms with E-state index in [-0.39, 0.29) is 17.1 Å². The number of esters is 1. The number of aromatic nitrogens is 2. The Labute approximate surface area is 132 Å². The molecule has 0 spiro atoms. The molecule has 0 amide bonds. The average molecular weight is 335 g/mol. The van der Waals surface area contributed by atoms with E-state index in [4.69, 9.17) is 0 Å². The predicted molar refractivity (Wildman–Crippen MR) is 79.7 cm³/mol. The molecule has 1 aromatic heterocycles. The number of nitrogens with zero attached hydrogens (tertiary/aromatic N) is 2. The van der Waals surface area contributed by atoms with Crippen molar-refractivity contribution in [1.29, 1.82) is 0 Å². The van der Waals surface area contributed by atoms with Crippen molar-refractivity contribution in [1.82, 2.24) is 14.5 Å². The summed E-state index contributed by atoms with van der Waals surface area (Å²) < 4.78 is 32.5. The quantitative estimate of drug-likeness (QED) is 0.796. The van der Waals surface area contributed by atoms with E-state index in [0.29, 0.717) is 0 Å². The summed E-state index contributed by atoms with van der Waals surface area (Å²) in [6, 6.07) is 9.14. The summed E-state index contributed by atoms with van der Waals surface area (Å²) in [5, 5.41) is 13.9. The lowest BCUT2D eigenvalue weighted by Gasteiger charge is -2.18. The van der Waals surface area contributed by atoms with Gasteiger partial charge in [0, 0.05) is 0 Å². The lowest BCUT2D eigenvalue weighted by molar-refractivity contribution is -0.136. The Morgan fingerprint density at radius 2 is 2.04 bits per heavy atom. The Hall–Kier alpha value is -2.81. The average Bonchev–Trinajstić information content (AvgIpc) is 2.96. The number of rotatable bonds is 3. The van der Waals surface area contributed by atoms with E-state index < -0.39 is 27.4 Å². The van der Waals surface area contributed by atoms with Crippen LogP contribution in [0.15, 0.2) is 47.3 Å². The second-order valence-electron chi connectivity index (χ2n) is 4.83. The van der Waals surface area contributed by atoms with Crippen LogP contribution in [-0.4, -0.2) is 36.4 Å². The monoisotopic (exact) mass is 335 g/mol. The lowest BCUT2D eigenvalue weighted by atomic mass is 10.2. The maximum absolute atomic E-state index is 12.4. The number of benzene rings is 1. The van der Waals surface area contributed by atoms with Crippen LogP contribution in [0.1, 0.15) is 11.1 Å². The first-order valence-electron chi connectivity index (χ1n) is 6.58. The molecule has 0 saturated heterocycles. The number of hydrogen-bond donors (Lipinski definition) is 2. The van der Waals surface area contributed by atoms with E-state index in [0.717, 1.165) is 12.7 Å². The van der Waals surface area contributed by atoms with Gasteiger partial charge in [0.1, 0.15) is 0 Å². The first-order valence-corrected chi connectivity index (χ1v) is 8.07. The van der Waals surface area contributed by atoms with E-state index in [1.165, 1.54) is 10.9 Å². The number of nitrogens with one attached hydrogen (secondary N) is 1. The maximum atomic E-state index is 12.4. The Kier molecular flexibility index (Phi) is 3.57. The molecular weight excluding hydrogens is 322 g/mol. The molecule has 0 atom stereocenters. The minimum absolute atomic E-state index is 0.0416. The fraction of sp³-hybridized carbons (Fsp3) is 0.143. The van der Waals surface area contributed by atoms with Gasteiger partial charge in [-0.2, -0.15) is 13.5 Å². The Bertz CT molecular complexity index is 900. The van der Waals surface area contributed by atoms with Gasteiger partial charge in [-0.15, -0.1) is 0 Å². The van der Waals surface area contributed by atoms with Gasteiger partial charge in [0.25, 0.3) is 10.0 Å². The number of sulfonamides is 1. The van der Waals surface area contributed by atoms with Gasteiger partial charge >= 0.3 is 5.97 Å². The van der Waals surface area contributed by atoms with Gasteiger partial charge in [-0.25, -0.2) is 9.48 Å². The highest BCUT2D eigenvalue weighted by molar-refractivity contribution is 7.89. The van der Waals surface area contributed by atoms with Crippen molar-refractivity contribution in [3.05, 3.63) is 53.4 Å². The van der Waals surface area contributed by atoms with Gasteiger partial charge in [0.05, 0.1) is 25.4 Å². The molecule has 8 nitrogen and oxygen atoms in total. The van der Waals surface area contributed by atoms with Crippen molar-refractivity contribution in [2.24, 2.45) is 0 Å². The predicted octanol–water partition coefficient (Wildman–Crippen LogP) is 0.623. The molecule has 3 rings (SSSR count). The van der Waals surface area contributed by atoms with E-state index in [9.17, 15) is 18.3 Å². The zero-order chi connectivity index (χ0) is 16.6. The summed E-state index contributed by atoms with van der Waals surface area (Å²) in [6.45, 7) is 0.206. The van der Waals surface area contributed by atoms with E-state index >= 15 is 0 Å². The molecule has 1 aromatic carbocycles. The molecule has 2 N–H and O–H groups in total. The van der Waals surface area contributed by atoms with Crippen LogP contribution >= 0.6 is 0 Å². The number of aliphatic hydroxyl groups is 1. The number of hydrogen-bond acceptors (Lipinski definition) is 6. The lowest BCUT2D eigenvalue weighted by Crippen LogP contribution is -2.34. The van der Waals surface area contributed by atoms with Crippen LogP contribution in [0.25, 0.3) is 5.76 Å². The van der Waals surface area contributed by atoms with Gasteiger partial charge in [-0.3, -0.25) is 4.72 Å². The molecule has 0 radical (unpaired) electrons. The summed E-state index contributed by atoms with van der Waals surface area (Å²) in [6.07, 6.45) is 1.20. The molecule has 23 heavy (non-hydrogen) atoms. The second kappa shape index (κ2) is 5.43. The van der Waals surface area contributed by atoms with Crippen molar-refractivity contribution in [2.75, 3.05) is 7.11 Å². The van der Waals surface area contributed by atoms with Gasteiger partial charge in [-0.05, 0) is 5.56 Å². The minimum Gasteiger partial charge on any atom is -0.505 e. The Morgan fingerprint density at radius 3 is 2.70 bits per heavy atom. The Morgan fingerprint density at radius 1 is 1.35 bits per heavy atom. The molecule has 0 aliphatic carbocycles. The summed E-state index contributed by atoms with van der Waals surface area (Å²) in [7, 11) is -2.97. The van der Waals surface area contributed by atoms with E-state index in [1.54, 1.807) is 0 Å². The SMILES string of the molecule is COC(=O)C1=C(O)c2cnn(Cc3ccccc3)c2S(=O)(=O)N1. The van der Waals surface area contributed by atoms with Crippen LogP contribution in [0.4, 0.5) is 0 Å². The van der Waals surface area contributed by atoms with Crippen LogP contribution in [0.2, 0.25) is 0 Å². The highest BCUT2D eigenvalue weighted by Gasteiger charge is 2.37. The first kappa shape index (κ1) is 15.1. The largest absolute Gasteiger partial charge is 0.505 e. The molecule has 2 aromatic rings. The molecule has 9 heteroatoms. The zero-order valence-electron chi connectivity index (χ0n) is 12.1. The zero-order valence-corrected chi connectivity index (χ0v) is 12.9. The van der Waals surface area contributed by atoms with Crippen molar-refractivity contribution >= 4 is 21.8 Å². The second-order valence-corrected chi connectivity index (χ2v) is 6.43. The number of fused-ring (bicyclic) bond motifs is 1. The summed E-state index contributed by atoms with van der Waals surface area (Å²) >= 11 is 0. The normalized spacial score (nSPS) is 15.7. The maximum Gasteiger partial charge on any atom is 0.359 e. The van der Waals surface area contributed by atoms with Crippen LogP contribution in [0.5, 0.6) is 0 Å². The fourth-order valence-corrected chi connectivity index (χ4v) is 3.67. The Balaban J connectivity index is 2.11. The van der Waals surface area contributed by atoms with Gasteiger partial charge in [0.15, 0.2) is 16.5 Å². The van der Waals surface area contributed by atoms with Crippen molar-refractivity contribution < 1.29 is 23.1 Å². The standard InChI is InChI=1S/C14H13N3O5S/c1-22-14(19)11-12(18)10-7-15-17(13(10)23(20,21)16-11)8-9-5-3-2-4-6-9/h2-7,16,18H,8H2,1H3. The number of ether oxygens (including phenoxy) is 1. The van der Waals surface area contributed by atoms with Crippen LogP contribution in [-0.2, 0) is 26.1 Å². The number of carbonyl (C=O) groups excluding carboxylic acids is 1. The van der Waals surface area contributed by atoms with Crippen molar-refractivity contribution in [2.45, 2.75) is 11.6 Å². The number of carbonyl (C=O) groups is 1. The molecule has 1 aliphatic heterocycles. The third kappa shape index (κ3) is 2.55. The molecule has 0 unspecified atom stereocenters. The summed E-state index contributed by atoms with van der Waals surface area (Å²) in [5.41, 5.74) is 0.273. The number of aliphatic hydroxyl groups excluding tert-OH is 1. The third-order valence-electron chi connectivity index (χ3n) is 3.34. The molecule has 1 aliphatic rings. The highest BCUT2D eigenvalue weighted by Crippen LogP contribution is 2.29. The molecule has 120 valence electrons. The van der Waals surface area contributed by atoms with Crippen molar-refractivity contribution in [3.63, 3.8) is 0 Å². The van der Waals surface area contributed by atoms with Crippen molar-refractivity contribution in [3.8, 4) is 0 Å². The summed E-state index contributed by atoms with van der Waals surface area (Å²) in [5.74, 6) is -1.49. The van der Waals surface area contributed by atoms with E-state index in [1.807, 2.05) is 35.1 Å². The van der Waals surface area contributed by atoms with Gasteiger partial charge < -0.3 is 9.84 Å². The molecule has 0 bridgehead atoms. The van der Waals surface area contributed by atoms with Crippen LogP contribution < -0.4 is 4.72 Å². The highest BCUT2D eigenvalue weighted by atomic mass is 32.2. The molecule has 2 heterocycles. The topological polar surface area (TPSA) is 111 Å². The summed E-state index contributed by atoms with van der Waals surface area (Å²) in [4.78, 5) is 11.6.